The highest BCUT2D eigenvalue weighted by atomic mass is 19.1. The van der Waals surface area contributed by atoms with Gasteiger partial charge < -0.3 is 10.6 Å². The Bertz CT molecular complexity index is 638. The smallest absolute Gasteiger partial charge is 0.146 e. The summed E-state index contributed by atoms with van der Waals surface area (Å²) < 4.78 is 13.9. The van der Waals surface area contributed by atoms with E-state index in [4.69, 9.17) is 5.73 Å². The number of hydrogen-bond donors (Lipinski definition) is 1. The van der Waals surface area contributed by atoms with Gasteiger partial charge in [0.15, 0.2) is 0 Å². The average Bonchev–Trinajstić information content (AvgIpc) is 2.52. The molecule has 0 spiro atoms. The van der Waals surface area contributed by atoms with Gasteiger partial charge in [-0.25, -0.2) is 4.39 Å². The third-order valence-electron chi connectivity index (χ3n) is 3.24. The molecule has 3 heteroatoms. The van der Waals surface area contributed by atoms with E-state index in [-0.39, 0.29) is 5.82 Å². The van der Waals surface area contributed by atoms with Gasteiger partial charge in [-0.15, -0.1) is 0 Å². The van der Waals surface area contributed by atoms with Crippen LogP contribution in [0.2, 0.25) is 0 Å². The van der Waals surface area contributed by atoms with Gasteiger partial charge in [0.25, 0.3) is 0 Å². The number of benzene rings is 2. The fourth-order valence-electron chi connectivity index (χ4n) is 2.14. The zero-order valence-corrected chi connectivity index (χ0v) is 12.1. The molecule has 108 valence electrons. The highest BCUT2D eigenvalue weighted by molar-refractivity contribution is 5.48. The molecule has 0 heterocycles. The highest BCUT2D eigenvalue weighted by Gasteiger charge is 2.09. The van der Waals surface area contributed by atoms with Crippen molar-refractivity contribution in [2.75, 3.05) is 18.0 Å². The Morgan fingerprint density at radius 3 is 2.43 bits per heavy atom. The predicted octanol–water partition coefficient (Wildman–Crippen LogP) is 3.16. The summed E-state index contributed by atoms with van der Waals surface area (Å²) in [6, 6.07) is 14.8. The molecule has 0 saturated carbocycles. The van der Waals surface area contributed by atoms with Crippen molar-refractivity contribution in [3.63, 3.8) is 0 Å². The van der Waals surface area contributed by atoms with E-state index < -0.39 is 0 Å². The number of hydrogen-bond acceptors (Lipinski definition) is 2. The Morgan fingerprint density at radius 1 is 1.10 bits per heavy atom. The second kappa shape index (κ2) is 7.47. The summed E-state index contributed by atoms with van der Waals surface area (Å²) in [5.41, 5.74) is 8.05. The monoisotopic (exact) mass is 282 g/mol. The van der Waals surface area contributed by atoms with Crippen LogP contribution in [0.4, 0.5) is 10.1 Å². The highest BCUT2D eigenvalue weighted by Crippen LogP contribution is 2.20. The molecule has 2 aromatic carbocycles. The number of halogens is 1. The van der Waals surface area contributed by atoms with Crippen LogP contribution in [0.15, 0.2) is 48.5 Å². The first-order chi connectivity index (χ1) is 10.2. The van der Waals surface area contributed by atoms with Crippen LogP contribution in [-0.2, 0) is 6.54 Å². The van der Waals surface area contributed by atoms with E-state index in [2.05, 4.69) is 11.8 Å². The molecule has 0 radical (unpaired) electrons. The van der Waals surface area contributed by atoms with Crippen LogP contribution < -0.4 is 10.6 Å². The lowest BCUT2D eigenvalue weighted by Gasteiger charge is -2.23. The molecule has 0 unspecified atom stereocenters. The Hall–Kier alpha value is -2.31. The Labute approximate surface area is 125 Å². The van der Waals surface area contributed by atoms with Crippen LogP contribution in [0.5, 0.6) is 0 Å². The molecule has 0 aliphatic heterocycles. The summed E-state index contributed by atoms with van der Waals surface area (Å²) in [4.78, 5) is 2.01. The van der Waals surface area contributed by atoms with E-state index >= 15 is 0 Å². The predicted molar refractivity (Wildman–Crippen MR) is 85.5 cm³/mol. The standard InChI is InChI=1S/C18H19FN2/c1-2-21(18-8-4-3-7-17(18)19)14-16-11-9-15(10-12-16)6-5-13-20/h3-4,7-12H,2,13-14,20H2,1H3. The minimum atomic E-state index is -0.190. The van der Waals surface area contributed by atoms with Crippen LogP contribution >= 0.6 is 0 Å². The van der Waals surface area contributed by atoms with Gasteiger partial charge in [-0.05, 0) is 36.8 Å². The maximum Gasteiger partial charge on any atom is 0.146 e. The number of nitrogens with two attached hydrogens (primary N) is 1. The van der Waals surface area contributed by atoms with E-state index in [1.807, 2.05) is 42.2 Å². The van der Waals surface area contributed by atoms with Gasteiger partial charge in [0.1, 0.15) is 5.82 Å². The van der Waals surface area contributed by atoms with Crippen molar-refractivity contribution in [3.05, 3.63) is 65.5 Å². The Morgan fingerprint density at radius 2 is 1.81 bits per heavy atom. The quantitative estimate of drug-likeness (QED) is 0.873. The second-order valence-electron chi connectivity index (χ2n) is 4.67. The van der Waals surface area contributed by atoms with Crippen molar-refractivity contribution in [2.45, 2.75) is 13.5 Å². The SMILES string of the molecule is CCN(Cc1ccc(C#CCN)cc1)c1ccccc1F. The molecule has 0 aliphatic carbocycles. The van der Waals surface area contributed by atoms with Crippen LogP contribution in [0.1, 0.15) is 18.1 Å². The van der Waals surface area contributed by atoms with Crippen LogP contribution in [0, 0.1) is 17.7 Å². The second-order valence-corrected chi connectivity index (χ2v) is 4.67. The molecule has 0 bridgehead atoms. The first-order valence-electron chi connectivity index (χ1n) is 7.02. The minimum absolute atomic E-state index is 0.190. The molecule has 21 heavy (non-hydrogen) atoms. The molecule has 0 aromatic heterocycles. The lowest BCUT2D eigenvalue weighted by atomic mass is 10.1. The summed E-state index contributed by atoms with van der Waals surface area (Å²) in [7, 11) is 0. The van der Waals surface area contributed by atoms with Gasteiger partial charge in [-0.3, -0.25) is 0 Å². The van der Waals surface area contributed by atoms with E-state index in [0.717, 1.165) is 17.7 Å². The molecular weight excluding hydrogens is 263 g/mol. The molecule has 0 amide bonds. The molecule has 2 rings (SSSR count). The van der Waals surface area contributed by atoms with Crippen molar-refractivity contribution in [1.82, 2.24) is 0 Å². The van der Waals surface area contributed by atoms with Gasteiger partial charge in [-0.1, -0.05) is 36.1 Å². The summed E-state index contributed by atoms with van der Waals surface area (Å²) >= 11 is 0. The fraction of sp³-hybridized carbons (Fsp3) is 0.222. The van der Waals surface area contributed by atoms with Gasteiger partial charge in [0, 0.05) is 18.7 Å². The topological polar surface area (TPSA) is 29.3 Å². The summed E-state index contributed by atoms with van der Waals surface area (Å²) in [6.07, 6.45) is 0. The van der Waals surface area contributed by atoms with Gasteiger partial charge in [0.05, 0.1) is 12.2 Å². The van der Waals surface area contributed by atoms with Crippen molar-refractivity contribution in [2.24, 2.45) is 5.73 Å². The number of para-hydroxylation sites is 1. The van der Waals surface area contributed by atoms with Crippen molar-refractivity contribution < 1.29 is 4.39 Å². The summed E-state index contributed by atoms with van der Waals surface area (Å²) in [5.74, 6) is 5.63. The van der Waals surface area contributed by atoms with Crippen molar-refractivity contribution in [1.29, 1.82) is 0 Å². The maximum absolute atomic E-state index is 13.9. The lowest BCUT2D eigenvalue weighted by Crippen LogP contribution is -2.22. The number of nitrogens with zero attached hydrogens (tertiary/aromatic N) is 1. The minimum Gasteiger partial charge on any atom is -0.365 e. The van der Waals surface area contributed by atoms with E-state index in [1.165, 1.54) is 6.07 Å². The molecule has 0 aliphatic rings. The van der Waals surface area contributed by atoms with Gasteiger partial charge in [0.2, 0.25) is 0 Å². The van der Waals surface area contributed by atoms with E-state index in [0.29, 0.717) is 18.8 Å². The fourth-order valence-corrected chi connectivity index (χ4v) is 2.14. The van der Waals surface area contributed by atoms with Crippen LogP contribution in [-0.4, -0.2) is 13.1 Å². The maximum atomic E-state index is 13.9. The first-order valence-corrected chi connectivity index (χ1v) is 7.02. The third kappa shape index (κ3) is 4.08. The number of anilines is 1. The zero-order chi connectivity index (χ0) is 15.1. The molecule has 0 saturated heterocycles. The lowest BCUT2D eigenvalue weighted by molar-refractivity contribution is 0.618. The Balaban J connectivity index is 2.14. The number of rotatable bonds is 4. The molecule has 0 fully saturated rings. The first kappa shape index (κ1) is 15.1. The summed E-state index contributed by atoms with van der Waals surface area (Å²) in [6.45, 7) is 3.80. The summed E-state index contributed by atoms with van der Waals surface area (Å²) in [5, 5.41) is 0. The van der Waals surface area contributed by atoms with Crippen LogP contribution in [0.25, 0.3) is 0 Å². The largest absolute Gasteiger partial charge is 0.365 e. The van der Waals surface area contributed by atoms with Crippen molar-refractivity contribution >= 4 is 5.69 Å². The van der Waals surface area contributed by atoms with Crippen molar-refractivity contribution in [3.8, 4) is 11.8 Å². The third-order valence-corrected chi connectivity index (χ3v) is 3.24. The van der Waals surface area contributed by atoms with E-state index in [1.54, 1.807) is 12.1 Å². The molecule has 2 N–H and O–H groups in total. The Kier molecular flexibility index (Phi) is 5.36. The van der Waals surface area contributed by atoms with Gasteiger partial charge >= 0.3 is 0 Å². The molecular formula is C18H19FN2. The van der Waals surface area contributed by atoms with Gasteiger partial charge in [-0.2, -0.15) is 0 Å². The zero-order valence-electron chi connectivity index (χ0n) is 12.1. The normalized spacial score (nSPS) is 9.86. The van der Waals surface area contributed by atoms with Crippen LogP contribution in [0.3, 0.4) is 0 Å². The molecule has 2 nitrogen and oxygen atoms in total. The molecule has 0 atom stereocenters. The molecule has 2 aromatic rings. The average molecular weight is 282 g/mol. The van der Waals surface area contributed by atoms with E-state index in [9.17, 15) is 4.39 Å².